The van der Waals surface area contributed by atoms with E-state index in [0.29, 0.717) is 12.3 Å². The fourth-order valence-corrected chi connectivity index (χ4v) is 3.88. The van der Waals surface area contributed by atoms with Crippen LogP contribution in [-0.4, -0.2) is 67.9 Å². The Labute approximate surface area is 130 Å². The van der Waals surface area contributed by atoms with E-state index in [-0.39, 0.29) is 23.9 Å². The van der Waals surface area contributed by atoms with E-state index < -0.39 is 17.6 Å². The van der Waals surface area contributed by atoms with Crippen molar-refractivity contribution in [1.82, 2.24) is 9.80 Å². The molecule has 2 N–H and O–H groups in total. The Morgan fingerprint density at radius 2 is 2.00 bits per heavy atom. The van der Waals surface area contributed by atoms with Crippen molar-refractivity contribution in [3.63, 3.8) is 0 Å². The Kier molecular flexibility index (Phi) is 5.92. The summed E-state index contributed by atoms with van der Waals surface area (Å²) in [5, 5.41) is 19.1. The molecule has 0 bridgehead atoms. The summed E-state index contributed by atoms with van der Waals surface area (Å²) in [5.74, 6) is -0.397. The summed E-state index contributed by atoms with van der Waals surface area (Å²) in [6.07, 6.45) is 0. The molecular formula is C14H26N2O4S. The van der Waals surface area contributed by atoms with Crippen molar-refractivity contribution in [2.45, 2.75) is 51.6 Å². The molecule has 122 valence electrons. The number of carbonyl (C=O) groups excluding carboxylic acids is 1. The smallest absolute Gasteiger partial charge is 0.327 e. The quantitative estimate of drug-likeness (QED) is 0.806. The first-order valence-corrected chi connectivity index (χ1v) is 8.27. The van der Waals surface area contributed by atoms with Crippen LogP contribution in [0.1, 0.15) is 34.6 Å². The maximum Gasteiger partial charge on any atom is 0.327 e. The lowest BCUT2D eigenvalue weighted by atomic mass is 10.1. The van der Waals surface area contributed by atoms with Gasteiger partial charge in [-0.05, 0) is 26.7 Å². The van der Waals surface area contributed by atoms with Gasteiger partial charge < -0.3 is 15.1 Å². The molecule has 6 nitrogen and oxygen atoms in total. The topological polar surface area (TPSA) is 81.1 Å². The SMILES string of the molecule is CCN(CC(C)(C)O)C(=O)N1C(C(=O)O)CSC1C(C)C. The highest BCUT2D eigenvalue weighted by molar-refractivity contribution is 8.00. The van der Waals surface area contributed by atoms with Gasteiger partial charge in [0.15, 0.2) is 0 Å². The van der Waals surface area contributed by atoms with Gasteiger partial charge in [-0.25, -0.2) is 9.59 Å². The number of hydrogen-bond acceptors (Lipinski definition) is 4. The van der Waals surface area contributed by atoms with E-state index >= 15 is 0 Å². The summed E-state index contributed by atoms with van der Waals surface area (Å²) in [7, 11) is 0. The van der Waals surface area contributed by atoms with Gasteiger partial charge in [0, 0.05) is 12.3 Å². The Morgan fingerprint density at radius 3 is 2.38 bits per heavy atom. The van der Waals surface area contributed by atoms with Crippen LogP contribution in [0.5, 0.6) is 0 Å². The van der Waals surface area contributed by atoms with E-state index in [1.807, 2.05) is 20.8 Å². The number of hydrogen-bond donors (Lipinski definition) is 2. The molecule has 0 aromatic heterocycles. The van der Waals surface area contributed by atoms with Crippen molar-refractivity contribution in [3.8, 4) is 0 Å². The third-order valence-electron chi connectivity index (χ3n) is 3.34. The monoisotopic (exact) mass is 318 g/mol. The van der Waals surface area contributed by atoms with Crippen LogP contribution < -0.4 is 0 Å². The summed E-state index contributed by atoms with van der Waals surface area (Å²) in [4.78, 5) is 27.1. The normalized spacial score (nSPS) is 22.7. The number of aliphatic hydroxyl groups is 1. The Hall–Kier alpha value is -0.950. The van der Waals surface area contributed by atoms with E-state index in [2.05, 4.69) is 0 Å². The lowest BCUT2D eigenvalue weighted by Crippen LogP contribution is -2.55. The minimum Gasteiger partial charge on any atom is -0.480 e. The highest BCUT2D eigenvalue weighted by Crippen LogP contribution is 2.35. The number of thioether (sulfide) groups is 1. The maximum absolute atomic E-state index is 12.7. The molecule has 1 fully saturated rings. The highest BCUT2D eigenvalue weighted by atomic mass is 32.2. The Morgan fingerprint density at radius 1 is 1.43 bits per heavy atom. The minimum atomic E-state index is -1.01. The van der Waals surface area contributed by atoms with Crippen molar-refractivity contribution < 1.29 is 19.8 Å². The van der Waals surface area contributed by atoms with E-state index in [1.54, 1.807) is 13.8 Å². The van der Waals surface area contributed by atoms with E-state index in [0.717, 1.165) is 0 Å². The summed E-state index contributed by atoms with van der Waals surface area (Å²) in [6, 6.07) is -1.11. The summed E-state index contributed by atoms with van der Waals surface area (Å²) < 4.78 is 0. The molecule has 1 rings (SSSR count). The van der Waals surface area contributed by atoms with Gasteiger partial charge in [0.2, 0.25) is 0 Å². The predicted molar refractivity (Wildman–Crippen MR) is 83.3 cm³/mol. The molecule has 0 saturated carbocycles. The van der Waals surface area contributed by atoms with Crippen LogP contribution in [-0.2, 0) is 4.79 Å². The molecule has 1 saturated heterocycles. The molecule has 1 heterocycles. The fraction of sp³-hybridized carbons (Fsp3) is 0.857. The van der Waals surface area contributed by atoms with Gasteiger partial charge in [-0.2, -0.15) is 0 Å². The lowest BCUT2D eigenvalue weighted by Gasteiger charge is -2.36. The first-order valence-electron chi connectivity index (χ1n) is 7.22. The number of rotatable bonds is 5. The minimum absolute atomic E-state index is 0.144. The number of likely N-dealkylation sites (N-methyl/N-ethyl adjacent to an activating group) is 1. The summed E-state index contributed by atoms with van der Waals surface area (Å²) >= 11 is 1.50. The molecule has 7 heteroatoms. The summed E-state index contributed by atoms with van der Waals surface area (Å²) in [6.45, 7) is 9.67. The van der Waals surface area contributed by atoms with Crippen LogP contribution in [0.2, 0.25) is 0 Å². The van der Waals surface area contributed by atoms with Crippen LogP contribution in [0.15, 0.2) is 0 Å². The van der Waals surface area contributed by atoms with Crippen molar-refractivity contribution in [2.75, 3.05) is 18.8 Å². The second-order valence-corrected chi connectivity index (χ2v) is 7.49. The largest absolute Gasteiger partial charge is 0.480 e. The first-order chi connectivity index (χ1) is 9.58. The van der Waals surface area contributed by atoms with Crippen molar-refractivity contribution in [3.05, 3.63) is 0 Å². The molecular weight excluding hydrogens is 292 g/mol. The number of carboxylic acids is 1. The molecule has 2 amide bonds. The standard InChI is InChI=1S/C14H26N2O4S/c1-6-15(8-14(4,5)20)13(19)16-10(12(17)18)7-21-11(16)9(2)3/h9-11,20H,6-8H2,1-5H3,(H,17,18). The third-order valence-corrected chi connectivity index (χ3v) is 4.96. The zero-order valence-electron chi connectivity index (χ0n) is 13.4. The lowest BCUT2D eigenvalue weighted by molar-refractivity contribution is -0.141. The van der Waals surface area contributed by atoms with Crippen LogP contribution >= 0.6 is 11.8 Å². The van der Waals surface area contributed by atoms with Gasteiger partial charge in [0.1, 0.15) is 6.04 Å². The zero-order chi connectivity index (χ0) is 16.4. The second kappa shape index (κ2) is 6.87. The Bertz CT molecular complexity index is 395. The zero-order valence-corrected chi connectivity index (χ0v) is 14.2. The van der Waals surface area contributed by atoms with Gasteiger partial charge in [-0.1, -0.05) is 13.8 Å². The van der Waals surface area contributed by atoms with E-state index in [4.69, 9.17) is 0 Å². The average Bonchev–Trinajstić information content (AvgIpc) is 2.78. The van der Waals surface area contributed by atoms with Gasteiger partial charge in [-0.3, -0.25) is 4.90 Å². The molecule has 0 aromatic rings. The van der Waals surface area contributed by atoms with Crippen molar-refractivity contribution in [1.29, 1.82) is 0 Å². The first kappa shape index (κ1) is 18.1. The number of carbonyl (C=O) groups is 2. The molecule has 0 radical (unpaired) electrons. The molecule has 21 heavy (non-hydrogen) atoms. The van der Waals surface area contributed by atoms with Gasteiger partial charge >= 0.3 is 12.0 Å². The predicted octanol–water partition coefficient (Wildman–Crippen LogP) is 1.68. The number of amides is 2. The van der Waals surface area contributed by atoms with E-state index in [1.165, 1.54) is 21.6 Å². The number of urea groups is 1. The van der Waals surface area contributed by atoms with Crippen LogP contribution in [0.25, 0.3) is 0 Å². The number of carboxylic acid groups (broad SMARTS) is 1. The molecule has 1 aliphatic heterocycles. The van der Waals surface area contributed by atoms with Crippen LogP contribution in [0.3, 0.4) is 0 Å². The second-order valence-electron chi connectivity index (χ2n) is 6.34. The number of aliphatic carboxylic acids is 1. The van der Waals surface area contributed by atoms with E-state index in [9.17, 15) is 19.8 Å². The van der Waals surface area contributed by atoms with Gasteiger partial charge in [-0.15, -0.1) is 11.8 Å². The van der Waals surface area contributed by atoms with Gasteiger partial charge in [0.05, 0.1) is 17.5 Å². The molecule has 0 aliphatic carbocycles. The third kappa shape index (κ3) is 4.51. The Balaban J connectivity index is 2.99. The number of nitrogens with zero attached hydrogens (tertiary/aromatic N) is 2. The molecule has 0 spiro atoms. The van der Waals surface area contributed by atoms with Crippen molar-refractivity contribution >= 4 is 23.8 Å². The summed E-state index contributed by atoms with van der Waals surface area (Å²) in [5.41, 5.74) is -1.01. The molecule has 1 aliphatic rings. The molecule has 0 aromatic carbocycles. The maximum atomic E-state index is 12.7. The fourth-order valence-electron chi connectivity index (χ4n) is 2.42. The van der Waals surface area contributed by atoms with Crippen LogP contribution in [0, 0.1) is 5.92 Å². The molecule has 2 atom stereocenters. The van der Waals surface area contributed by atoms with Crippen molar-refractivity contribution in [2.24, 2.45) is 5.92 Å². The van der Waals surface area contributed by atoms with Crippen LogP contribution in [0.4, 0.5) is 4.79 Å². The average molecular weight is 318 g/mol. The van der Waals surface area contributed by atoms with Gasteiger partial charge in [0.25, 0.3) is 0 Å². The highest BCUT2D eigenvalue weighted by Gasteiger charge is 2.44. The molecule has 2 unspecified atom stereocenters.